The first-order valence-corrected chi connectivity index (χ1v) is 10.9. The van der Waals surface area contributed by atoms with Crippen LogP contribution in [0.4, 0.5) is 10.7 Å². The van der Waals surface area contributed by atoms with Gasteiger partial charge in [0.25, 0.3) is 0 Å². The zero-order valence-corrected chi connectivity index (χ0v) is 19.0. The lowest BCUT2D eigenvalue weighted by Crippen LogP contribution is -2.31. The standard InChI is InChI=1S/C23H23ClN6O3/c1-13-8-17(30-12-16(24)11-28-30)9-14(2)19(13)20-18(31)10-15(21(20)32)4-7-27-23(33)29-22-25-5-3-6-26-22/h3,5-6,8-9,11-12,15,20H,4,7,10H2,1-2H3,(H2,25,26,27,29,33). The number of urea groups is 1. The quantitative estimate of drug-likeness (QED) is 0.537. The number of Topliss-reactive ketones (excluding diaryl/α,β-unsaturated/α-hetero) is 2. The van der Waals surface area contributed by atoms with Crippen LogP contribution in [-0.4, -0.2) is 43.9 Å². The Morgan fingerprint density at radius 1 is 1.18 bits per heavy atom. The van der Waals surface area contributed by atoms with Gasteiger partial charge in [-0.05, 0) is 55.2 Å². The molecule has 2 N–H and O–H groups in total. The van der Waals surface area contributed by atoms with Crippen LogP contribution in [0.15, 0.2) is 43.0 Å². The van der Waals surface area contributed by atoms with Crippen molar-refractivity contribution in [2.75, 3.05) is 11.9 Å². The Balaban J connectivity index is 1.41. The molecule has 2 aromatic heterocycles. The highest BCUT2D eigenvalue weighted by Gasteiger charge is 2.42. The summed E-state index contributed by atoms with van der Waals surface area (Å²) in [6.45, 7) is 4.04. The second-order valence-electron chi connectivity index (χ2n) is 8.04. The van der Waals surface area contributed by atoms with E-state index < -0.39 is 17.9 Å². The zero-order valence-electron chi connectivity index (χ0n) is 18.2. The van der Waals surface area contributed by atoms with Gasteiger partial charge in [0.15, 0.2) is 5.78 Å². The van der Waals surface area contributed by atoms with E-state index in [2.05, 4.69) is 25.7 Å². The first-order valence-electron chi connectivity index (χ1n) is 10.5. The molecule has 4 rings (SSSR count). The number of ketones is 2. The van der Waals surface area contributed by atoms with Gasteiger partial charge in [-0.15, -0.1) is 0 Å². The summed E-state index contributed by atoms with van der Waals surface area (Å²) in [6, 6.07) is 4.98. The van der Waals surface area contributed by atoms with Gasteiger partial charge in [0.1, 0.15) is 11.7 Å². The number of aryl methyl sites for hydroxylation is 2. The summed E-state index contributed by atoms with van der Waals surface area (Å²) >= 11 is 5.97. The molecule has 2 heterocycles. The van der Waals surface area contributed by atoms with Crippen LogP contribution in [0.25, 0.3) is 5.69 Å². The minimum absolute atomic E-state index is 0.0896. The van der Waals surface area contributed by atoms with Gasteiger partial charge < -0.3 is 5.32 Å². The first kappa shape index (κ1) is 22.6. The van der Waals surface area contributed by atoms with Crippen molar-refractivity contribution in [3.63, 3.8) is 0 Å². The number of nitrogens with one attached hydrogen (secondary N) is 2. The van der Waals surface area contributed by atoms with Crippen LogP contribution in [0.5, 0.6) is 0 Å². The largest absolute Gasteiger partial charge is 0.338 e. The number of carbonyl (C=O) groups is 3. The molecule has 1 saturated carbocycles. The Morgan fingerprint density at radius 2 is 1.88 bits per heavy atom. The number of aromatic nitrogens is 4. The topological polar surface area (TPSA) is 119 Å². The highest BCUT2D eigenvalue weighted by Crippen LogP contribution is 2.37. The lowest BCUT2D eigenvalue weighted by Gasteiger charge is -2.17. The highest BCUT2D eigenvalue weighted by molar-refractivity contribution is 6.30. The average Bonchev–Trinajstić information content (AvgIpc) is 3.32. The molecular weight excluding hydrogens is 444 g/mol. The van der Waals surface area contributed by atoms with Gasteiger partial charge in [-0.3, -0.25) is 14.9 Å². The molecule has 1 aliphatic carbocycles. The molecule has 9 nitrogen and oxygen atoms in total. The van der Waals surface area contributed by atoms with Gasteiger partial charge >= 0.3 is 6.03 Å². The van der Waals surface area contributed by atoms with Crippen LogP contribution in [0.3, 0.4) is 0 Å². The predicted molar refractivity (Wildman–Crippen MR) is 123 cm³/mol. The normalized spacial score (nSPS) is 17.9. The van der Waals surface area contributed by atoms with E-state index in [-0.39, 0.29) is 30.5 Å². The lowest BCUT2D eigenvalue weighted by molar-refractivity contribution is -0.124. The number of hydrogen-bond acceptors (Lipinski definition) is 6. The third-order valence-electron chi connectivity index (χ3n) is 5.71. The molecular formula is C23H23ClN6O3. The second kappa shape index (κ2) is 9.50. The molecule has 2 atom stereocenters. The number of benzene rings is 1. The molecule has 170 valence electrons. The molecule has 0 bridgehead atoms. The van der Waals surface area contributed by atoms with Crippen molar-refractivity contribution in [2.45, 2.75) is 32.6 Å². The number of rotatable bonds is 6. The summed E-state index contributed by atoms with van der Waals surface area (Å²) in [5.74, 6) is -1.21. The van der Waals surface area contributed by atoms with Crippen LogP contribution < -0.4 is 10.6 Å². The second-order valence-corrected chi connectivity index (χ2v) is 8.48. The molecule has 0 radical (unpaired) electrons. The van der Waals surface area contributed by atoms with E-state index >= 15 is 0 Å². The number of carbonyl (C=O) groups excluding carboxylic acids is 3. The van der Waals surface area contributed by atoms with E-state index in [0.717, 1.165) is 22.4 Å². The molecule has 10 heteroatoms. The molecule has 0 spiro atoms. The summed E-state index contributed by atoms with van der Waals surface area (Å²) in [6.07, 6.45) is 6.84. The van der Waals surface area contributed by atoms with E-state index in [1.165, 1.54) is 12.4 Å². The number of hydrogen-bond donors (Lipinski definition) is 2. The van der Waals surface area contributed by atoms with Crippen molar-refractivity contribution in [2.24, 2.45) is 5.92 Å². The minimum atomic E-state index is -0.781. The third-order valence-corrected chi connectivity index (χ3v) is 5.90. The van der Waals surface area contributed by atoms with Crippen LogP contribution >= 0.6 is 11.6 Å². The monoisotopic (exact) mass is 466 g/mol. The van der Waals surface area contributed by atoms with Crippen LogP contribution in [-0.2, 0) is 9.59 Å². The van der Waals surface area contributed by atoms with E-state index in [0.29, 0.717) is 11.4 Å². The summed E-state index contributed by atoms with van der Waals surface area (Å²) in [4.78, 5) is 45.8. The number of anilines is 1. The van der Waals surface area contributed by atoms with E-state index in [1.807, 2.05) is 26.0 Å². The van der Waals surface area contributed by atoms with Gasteiger partial charge in [-0.2, -0.15) is 5.10 Å². The Bertz CT molecular complexity index is 1190. The van der Waals surface area contributed by atoms with Gasteiger partial charge in [-0.25, -0.2) is 19.4 Å². The molecule has 1 aromatic carbocycles. The van der Waals surface area contributed by atoms with Gasteiger partial charge in [-0.1, -0.05) is 11.6 Å². The van der Waals surface area contributed by atoms with E-state index in [1.54, 1.807) is 23.1 Å². The maximum atomic E-state index is 13.1. The van der Waals surface area contributed by atoms with Crippen molar-refractivity contribution in [1.29, 1.82) is 0 Å². The van der Waals surface area contributed by atoms with Crippen LogP contribution in [0, 0.1) is 19.8 Å². The Kier molecular flexibility index (Phi) is 6.50. The van der Waals surface area contributed by atoms with Crippen molar-refractivity contribution in [3.05, 3.63) is 64.7 Å². The van der Waals surface area contributed by atoms with E-state index in [4.69, 9.17) is 11.6 Å². The maximum Gasteiger partial charge on any atom is 0.321 e. The smallest absolute Gasteiger partial charge is 0.321 e. The molecule has 1 aliphatic rings. The third kappa shape index (κ3) is 4.93. The minimum Gasteiger partial charge on any atom is -0.338 e. The van der Waals surface area contributed by atoms with Crippen molar-refractivity contribution < 1.29 is 14.4 Å². The van der Waals surface area contributed by atoms with Gasteiger partial charge in [0, 0.05) is 37.5 Å². The number of halogens is 1. The van der Waals surface area contributed by atoms with Gasteiger partial charge in [0.2, 0.25) is 5.95 Å². The van der Waals surface area contributed by atoms with Crippen molar-refractivity contribution >= 4 is 35.1 Å². The fraction of sp³-hybridized carbons (Fsp3) is 0.304. The molecule has 33 heavy (non-hydrogen) atoms. The Hall–Kier alpha value is -3.59. The van der Waals surface area contributed by atoms with Crippen LogP contribution in [0.1, 0.15) is 35.4 Å². The SMILES string of the molecule is Cc1cc(-n2cc(Cl)cn2)cc(C)c1C1C(=O)CC(CCNC(=O)Nc2ncccn2)C1=O. The summed E-state index contributed by atoms with van der Waals surface area (Å²) < 4.78 is 1.66. The number of nitrogens with zero attached hydrogens (tertiary/aromatic N) is 4. The van der Waals surface area contributed by atoms with Crippen LogP contribution in [0.2, 0.25) is 5.02 Å². The molecule has 2 amide bonds. The highest BCUT2D eigenvalue weighted by atomic mass is 35.5. The Labute approximate surface area is 195 Å². The van der Waals surface area contributed by atoms with E-state index in [9.17, 15) is 14.4 Å². The Morgan fingerprint density at radius 3 is 2.52 bits per heavy atom. The molecule has 3 aromatic rings. The van der Waals surface area contributed by atoms with Crippen molar-refractivity contribution in [3.8, 4) is 5.69 Å². The molecule has 0 aliphatic heterocycles. The number of amides is 2. The van der Waals surface area contributed by atoms with Gasteiger partial charge in [0.05, 0.1) is 16.9 Å². The molecule has 2 unspecified atom stereocenters. The zero-order chi connectivity index (χ0) is 23.5. The summed E-state index contributed by atoms with van der Waals surface area (Å²) in [5.41, 5.74) is 3.27. The fourth-order valence-electron chi connectivity index (χ4n) is 4.25. The fourth-order valence-corrected chi connectivity index (χ4v) is 4.39. The summed E-state index contributed by atoms with van der Waals surface area (Å²) in [7, 11) is 0. The lowest BCUT2D eigenvalue weighted by atomic mass is 9.87. The maximum absolute atomic E-state index is 13.1. The predicted octanol–water partition coefficient (Wildman–Crippen LogP) is 3.39. The summed E-state index contributed by atoms with van der Waals surface area (Å²) in [5, 5.41) is 9.94. The molecule has 1 fully saturated rings. The molecule has 0 saturated heterocycles. The van der Waals surface area contributed by atoms with Crippen molar-refractivity contribution in [1.82, 2.24) is 25.1 Å². The first-order chi connectivity index (χ1) is 15.8. The average molecular weight is 467 g/mol.